The fourth-order valence-electron chi connectivity index (χ4n) is 2.10. The Balaban J connectivity index is 2.27. The van der Waals surface area contributed by atoms with Gasteiger partial charge in [-0.15, -0.1) is 5.10 Å². The fraction of sp³-hybridized carbons (Fsp3) is 0.385. The maximum atomic E-state index is 10.6. The molecule has 2 rings (SSSR count). The van der Waals surface area contributed by atoms with E-state index >= 15 is 0 Å². The summed E-state index contributed by atoms with van der Waals surface area (Å²) in [5.74, 6) is 0. The van der Waals surface area contributed by atoms with Crippen LogP contribution in [0.4, 0.5) is 0 Å². The first-order valence-electron chi connectivity index (χ1n) is 5.63. The van der Waals surface area contributed by atoms with Gasteiger partial charge in [0.05, 0.1) is 11.3 Å². The van der Waals surface area contributed by atoms with Crippen molar-refractivity contribution in [3.63, 3.8) is 0 Å². The molecule has 0 bridgehead atoms. The molecule has 1 N–H and O–H groups in total. The average molecular weight is 231 g/mol. The molecular formula is C13H17N3O. The van der Waals surface area contributed by atoms with E-state index in [4.69, 9.17) is 0 Å². The molecule has 0 radical (unpaired) electrons. The van der Waals surface area contributed by atoms with Gasteiger partial charge in [-0.05, 0) is 25.0 Å². The molecule has 4 heteroatoms. The van der Waals surface area contributed by atoms with Gasteiger partial charge in [0.2, 0.25) is 0 Å². The summed E-state index contributed by atoms with van der Waals surface area (Å²) in [6.07, 6.45) is 2.29. The third-order valence-electron chi connectivity index (χ3n) is 2.90. The zero-order valence-electron chi connectivity index (χ0n) is 10.4. The summed E-state index contributed by atoms with van der Waals surface area (Å²) in [6.45, 7) is 3.81. The molecule has 1 aromatic carbocycles. The molecular weight excluding hydrogens is 214 g/mol. The first-order valence-corrected chi connectivity index (χ1v) is 5.63. The average Bonchev–Trinajstić information content (AvgIpc) is 2.63. The summed E-state index contributed by atoms with van der Waals surface area (Å²) in [5.41, 5.74) is 1.90. The highest BCUT2D eigenvalue weighted by Crippen LogP contribution is 2.26. The minimum absolute atomic E-state index is 0.464. The SMILES string of the molecule is Cc1ccccc1C(C)(O)Cc1cn(C)nn1. The fourth-order valence-corrected chi connectivity index (χ4v) is 2.10. The second-order valence-electron chi connectivity index (χ2n) is 4.65. The molecule has 17 heavy (non-hydrogen) atoms. The largest absolute Gasteiger partial charge is 0.385 e. The minimum Gasteiger partial charge on any atom is -0.385 e. The van der Waals surface area contributed by atoms with Crippen molar-refractivity contribution in [3.05, 3.63) is 47.3 Å². The number of aliphatic hydroxyl groups is 1. The maximum Gasteiger partial charge on any atom is 0.0927 e. The van der Waals surface area contributed by atoms with Crippen molar-refractivity contribution in [3.8, 4) is 0 Å². The molecule has 0 fully saturated rings. The monoisotopic (exact) mass is 231 g/mol. The molecule has 0 spiro atoms. The van der Waals surface area contributed by atoms with Crippen molar-refractivity contribution in [2.24, 2.45) is 7.05 Å². The van der Waals surface area contributed by atoms with Gasteiger partial charge in [-0.3, -0.25) is 4.68 Å². The topological polar surface area (TPSA) is 50.9 Å². The lowest BCUT2D eigenvalue weighted by atomic mass is 9.88. The molecule has 1 aromatic heterocycles. The highest BCUT2D eigenvalue weighted by atomic mass is 16.3. The molecule has 0 saturated heterocycles. The molecule has 0 saturated carbocycles. The van der Waals surface area contributed by atoms with Gasteiger partial charge in [-0.2, -0.15) is 0 Å². The Kier molecular flexibility index (Phi) is 2.98. The standard InChI is InChI=1S/C13H17N3O/c1-10-6-4-5-7-12(10)13(2,17)8-11-9-16(3)15-14-11/h4-7,9,17H,8H2,1-3H3. The zero-order chi connectivity index (χ0) is 12.5. The van der Waals surface area contributed by atoms with Crippen molar-refractivity contribution in [1.29, 1.82) is 0 Å². The predicted molar refractivity (Wildman–Crippen MR) is 65.5 cm³/mol. The summed E-state index contributed by atoms with van der Waals surface area (Å²) in [7, 11) is 1.82. The summed E-state index contributed by atoms with van der Waals surface area (Å²) in [4.78, 5) is 0. The van der Waals surface area contributed by atoms with Crippen LogP contribution in [0.3, 0.4) is 0 Å². The van der Waals surface area contributed by atoms with Crippen LogP contribution in [0.1, 0.15) is 23.7 Å². The van der Waals surface area contributed by atoms with Crippen molar-refractivity contribution < 1.29 is 5.11 Å². The smallest absolute Gasteiger partial charge is 0.0927 e. The zero-order valence-corrected chi connectivity index (χ0v) is 10.4. The lowest BCUT2D eigenvalue weighted by Gasteiger charge is -2.24. The Morgan fingerprint density at radius 2 is 2.06 bits per heavy atom. The van der Waals surface area contributed by atoms with Crippen LogP contribution in [0.15, 0.2) is 30.5 Å². The van der Waals surface area contributed by atoms with Crippen molar-refractivity contribution in [1.82, 2.24) is 15.0 Å². The number of benzene rings is 1. The van der Waals surface area contributed by atoms with Crippen molar-refractivity contribution in [2.45, 2.75) is 25.9 Å². The number of hydrogen-bond donors (Lipinski definition) is 1. The molecule has 0 amide bonds. The Morgan fingerprint density at radius 1 is 1.35 bits per heavy atom. The maximum absolute atomic E-state index is 10.6. The molecule has 0 aliphatic rings. The van der Waals surface area contributed by atoms with E-state index in [1.165, 1.54) is 0 Å². The van der Waals surface area contributed by atoms with Crippen LogP contribution in [0, 0.1) is 6.92 Å². The van der Waals surface area contributed by atoms with Gasteiger partial charge in [0.15, 0.2) is 0 Å². The van der Waals surface area contributed by atoms with Crippen LogP contribution >= 0.6 is 0 Å². The van der Waals surface area contributed by atoms with Gasteiger partial charge in [0.1, 0.15) is 0 Å². The van der Waals surface area contributed by atoms with E-state index in [1.807, 2.05) is 51.4 Å². The summed E-state index contributed by atoms with van der Waals surface area (Å²) in [5, 5.41) is 18.4. The first kappa shape index (κ1) is 11.8. The highest BCUT2D eigenvalue weighted by Gasteiger charge is 2.26. The molecule has 1 heterocycles. The molecule has 0 aliphatic heterocycles. The summed E-state index contributed by atoms with van der Waals surface area (Å²) < 4.78 is 1.64. The van der Waals surface area contributed by atoms with E-state index in [2.05, 4.69) is 10.3 Å². The minimum atomic E-state index is -0.915. The van der Waals surface area contributed by atoms with E-state index in [9.17, 15) is 5.11 Å². The van der Waals surface area contributed by atoms with Crippen LogP contribution < -0.4 is 0 Å². The second kappa shape index (κ2) is 4.30. The highest BCUT2D eigenvalue weighted by molar-refractivity contribution is 5.31. The number of rotatable bonds is 3. The van der Waals surface area contributed by atoms with E-state index < -0.39 is 5.60 Å². The summed E-state index contributed by atoms with van der Waals surface area (Å²) in [6, 6.07) is 7.86. The van der Waals surface area contributed by atoms with E-state index in [0.717, 1.165) is 16.8 Å². The molecule has 1 unspecified atom stereocenters. The number of aromatic nitrogens is 3. The van der Waals surface area contributed by atoms with Gasteiger partial charge < -0.3 is 5.11 Å². The van der Waals surface area contributed by atoms with Gasteiger partial charge in [-0.1, -0.05) is 29.5 Å². The van der Waals surface area contributed by atoms with Crippen LogP contribution in [-0.2, 0) is 19.1 Å². The van der Waals surface area contributed by atoms with Crippen molar-refractivity contribution in [2.75, 3.05) is 0 Å². The normalized spacial score (nSPS) is 14.6. The van der Waals surface area contributed by atoms with Crippen LogP contribution in [-0.4, -0.2) is 20.1 Å². The molecule has 0 aliphatic carbocycles. The van der Waals surface area contributed by atoms with Gasteiger partial charge >= 0.3 is 0 Å². The van der Waals surface area contributed by atoms with Crippen LogP contribution in [0.25, 0.3) is 0 Å². The van der Waals surface area contributed by atoms with Crippen LogP contribution in [0.2, 0.25) is 0 Å². The molecule has 4 nitrogen and oxygen atoms in total. The number of aryl methyl sites for hydroxylation is 2. The predicted octanol–water partition coefficient (Wildman–Crippen LogP) is 1.57. The van der Waals surface area contributed by atoms with Gasteiger partial charge in [-0.25, -0.2) is 0 Å². The van der Waals surface area contributed by atoms with Gasteiger partial charge in [0.25, 0.3) is 0 Å². The van der Waals surface area contributed by atoms with E-state index in [-0.39, 0.29) is 0 Å². The molecule has 90 valence electrons. The molecule has 1 atom stereocenters. The summed E-state index contributed by atoms with van der Waals surface area (Å²) >= 11 is 0. The second-order valence-corrected chi connectivity index (χ2v) is 4.65. The Hall–Kier alpha value is -1.68. The number of nitrogens with zero attached hydrogens (tertiary/aromatic N) is 3. The lowest BCUT2D eigenvalue weighted by molar-refractivity contribution is 0.0559. The number of hydrogen-bond acceptors (Lipinski definition) is 3. The quantitative estimate of drug-likeness (QED) is 0.872. The molecule has 2 aromatic rings. The third-order valence-corrected chi connectivity index (χ3v) is 2.90. The van der Waals surface area contributed by atoms with Crippen LogP contribution in [0.5, 0.6) is 0 Å². The van der Waals surface area contributed by atoms with E-state index in [0.29, 0.717) is 6.42 Å². The third kappa shape index (κ3) is 2.53. The Labute approximate surface area is 101 Å². The first-order chi connectivity index (χ1) is 7.99. The van der Waals surface area contributed by atoms with Gasteiger partial charge in [0, 0.05) is 19.7 Å². The van der Waals surface area contributed by atoms with Crippen molar-refractivity contribution >= 4 is 0 Å². The lowest BCUT2D eigenvalue weighted by Crippen LogP contribution is -2.25. The Bertz CT molecular complexity index is 517. The van der Waals surface area contributed by atoms with E-state index in [1.54, 1.807) is 4.68 Å². The Morgan fingerprint density at radius 3 is 2.65 bits per heavy atom.